The van der Waals surface area contributed by atoms with Gasteiger partial charge in [-0.25, -0.2) is 0 Å². The Bertz CT molecular complexity index is 941. The van der Waals surface area contributed by atoms with Crippen molar-refractivity contribution in [2.24, 2.45) is 0 Å². The summed E-state index contributed by atoms with van der Waals surface area (Å²) in [7, 11) is 0. The minimum Gasteiger partial charge on any atom is -0.369 e. The Morgan fingerprint density at radius 2 is 1.21 bits per heavy atom. The summed E-state index contributed by atoms with van der Waals surface area (Å²) < 4.78 is 0. The van der Waals surface area contributed by atoms with Crippen LogP contribution in [0.5, 0.6) is 0 Å². The average molecular weight is 310 g/mol. The van der Waals surface area contributed by atoms with Crippen LogP contribution in [-0.4, -0.2) is 10.9 Å². The molecule has 0 amide bonds. The summed E-state index contributed by atoms with van der Waals surface area (Å²) in [4.78, 5) is 12.7. The van der Waals surface area contributed by atoms with Crippen LogP contribution in [0, 0.1) is 11.8 Å². The lowest BCUT2D eigenvalue weighted by atomic mass is 9.74. The van der Waals surface area contributed by atoms with Crippen LogP contribution in [0.15, 0.2) is 78.9 Å². The molecule has 1 N–H and O–H groups in total. The zero-order valence-corrected chi connectivity index (χ0v) is 12.9. The van der Waals surface area contributed by atoms with Gasteiger partial charge in [0.2, 0.25) is 0 Å². The summed E-state index contributed by atoms with van der Waals surface area (Å²) in [6, 6.07) is 23.8. The third-order valence-corrected chi connectivity index (χ3v) is 4.28. The number of carbonyl (C=O) groups excluding carboxylic acids is 1. The van der Waals surface area contributed by atoms with Crippen LogP contribution in [0.3, 0.4) is 0 Å². The fourth-order valence-electron chi connectivity index (χ4n) is 3.10. The van der Waals surface area contributed by atoms with Gasteiger partial charge < -0.3 is 5.11 Å². The molecule has 0 saturated heterocycles. The SMILES string of the molecule is O=C1c2ccccc2C(O)(C#Cc2ccccc2)c2ccccc21. The van der Waals surface area contributed by atoms with Crippen molar-refractivity contribution in [2.45, 2.75) is 5.60 Å². The summed E-state index contributed by atoms with van der Waals surface area (Å²) in [5, 5.41) is 11.4. The molecule has 1 aliphatic carbocycles. The monoisotopic (exact) mass is 310 g/mol. The molecule has 3 aromatic carbocycles. The molecular weight excluding hydrogens is 296 g/mol. The van der Waals surface area contributed by atoms with E-state index in [1.807, 2.05) is 42.5 Å². The number of carbonyl (C=O) groups is 1. The Hall–Kier alpha value is -3.15. The number of benzene rings is 3. The van der Waals surface area contributed by atoms with Crippen molar-refractivity contribution in [3.63, 3.8) is 0 Å². The summed E-state index contributed by atoms with van der Waals surface area (Å²) in [6.45, 7) is 0. The summed E-state index contributed by atoms with van der Waals surface area (Å²) in [5.74, 6) is 5.96. The van der Waals surface area contributed by atoms with Gasteiger partial charge in [0, 0.05) is 27.8 Å². The van der Waals surface area contributed by atoms with Crippen molar-refractivity contribution in [1.29, 1.82) is 0 Å². The number of fused-ring (bicyclic) bond motifs is 2. The first-order chi connectivity index (χ1) is 11.7. The molecule has 0 fully saturated rings. The van der Waals surface area contributed by atoms with Crippen molar-refractivity contribution < 1.29 is 9.90 Å². The van der Waals surface area contributed by atoms with E-state index in [1.54, 1.807) is 36.4 Å². The maximum Gasteiger partial charge on any atom is 0.193 e. The van der Waals surface area contributed by atoms with E-state index >= 15 is 0 Å². The van der Waals surface area contributed by atoms with E-state index in [0.717, 1.165) is 5.56 Å². The second-order valence-corrected chi connectivity index (χ2v) is 5.75. The molecule has 0 heterocycles. The van der Waals surface area contributed by atoms with Crippen LogP contribution < -0.4 is 0 Å². The van der Waals surface area contributed by atoms with Crippen LogP contribution >= 0.6 is 0 Å². The van der Waals surface area contributed by atoms with Gasteiger partial charge in [0.05, 0.1) is 0 Å². The number of hydrogen-bond acceptors (Lipinski definition) is 2. The topological polar surface area (TPSA) is 37.3 Å². The van der Waals surface area contributed by atoms with Crippen LogP contribution in [0.4, 0.5) is 0 Å². The molecule has 0 aliphatic heterocycles. The van der Waals surface area contributed by atoms with E-state index in [0.29, 0.717) is 22.3 Å². The van der Waals surface area contributed by atoms with Gasteiger partial charge in [-0.05, 0) is 12.1 Å². The van der Waals surface area contributed by atoms with Crippen LogP contribution in [0.2, 0.25) is 0 Å². The van der Waals surface area contributed by atoms with Gasteiger partial charge in [-0.2, -0.15) is 0 Å². The number of hydrogen-bond donors (Lipinski definition) is 1. The highest BCUT2D eigenvalue weighted by Crippen LogP contribution is 2.39. The van der Waals surface area contributed by atoms with Crippen molar-refractivity contribution in [3.05, 3.63) is 107 Å². The molecule has 1 aliphatic rings. The summed E-state index contributed by atoms with van der Waals surface area (Å²) in [5.41, 5.74) is 1.39. The fourth-order valence-corrected chi connectivity index (χ4v) is 3.10. The van der Waals surface area contributed by atoms with Crippen LogP contribution in [0.1, 0.15) is 32.6 Å². The van der Waals surface area contributed by atoms with Crippen molar-refractivity contribution in [3.8, 4) is 11.8 Å². The molecule has 2 nitrogen and oxygen atoms in total. The van der Waals surface area contributed by atoms with Gasteiger partial charge in [0.25, 0.3) is 0 Å². The zero-order chi connectivity index (χ0) is 16.6. The van der Waals surface area contributed by atoms with E-state index < -0.39 is 5.60 Å². The maximum absolute atomic E-state index is 12.7. The Morgan fingerprint density at radius 3 is 1.79 bits per heavy atom. The number of aliphatic hydroxyl groups is 1. The Morgan fingerprint density at radius 1 is 0.708 bits per heavy atom. The highest BCUT2D eigenvalue weighted by Gasteiger charge is 2.40. The predicted octanol–water partition coefficient (Wildman–Crippen LogP) is 3.52. The van der Waals surface area contributed by atoms with Crippen LogP contribution in [-0.2, 0) is 5.60 Å². The first kappa shape index (κ1) is 14.4. The summed E-state index contributed by atoms with van der Waals surface area (Å²) in [6.07, 6.45) is 0. The molecule has 4 rings (SSSR count). The molecule has 0 aromatic heterocycles. The molecule has 0 spiro atoms. The van der Waals surface area contributed by atoms with Gasteiger partial charge in [-0.15, -0.1) is 0 Å². The van der Waals surface area contributed by atoms with E-state index in [9.17, 15) is 9.90 Å². The molecule has 0 atom stereocenters. The minimum absolute atomic E-state index is 0.0765. The smallest absolute Gasteiger partial charge is 0.193 e. The first-order valence-corrected chi connectivity index (χ1v) is 7.74. The number of rotatable bonds is 0. The third kappa shape index (κ3) is 2.15. The molecular formula is C22H14O2. The fraction of sp³-hybridized carbons (Fsp3) is 0.0455. The highest BCUT2D eigenvalue weighted by molar-refractivity contribution is 6.13. The average Bonchev–Trinajstić information content (AvgIpc) is 2.66. The van der Waals surface area contributed by atoms with E-state index in [1.165, 1.54) is 0 Å². The lowest BCUT2D eigenvalue weighted by Crippen LogP contribution is -2.34. The molecule has 0 radical (unpaired) electrons. The predicted molar refractivity (Wildman–Crippen MR) is 92.6 cm³/mol. The highest BCUT2D eigenvalue weighted by atomic mass is 16.3. The first-order valence-electron chi connectivity index (χ1n) is 7.74. The van der Waals surface area contributed by atoms with Gasteiger partial charge in [0.15, 0.2) is 11.4 Å². The van der Waals surface area contributed by atoms with Gasteiger partial charge in [-0.1, -0.05) is 78.6 Å². The molecule has 3 aromatic rings. The minimum atomic E-state index is -1.50. The molecule has 24 heavy (non-hydrogen) atoms. The molecule has 0 saturated carbocycles. The third-order valence-electron chi connectivity index (χ3n) is 4.28. The molecule has 114 valence electrons. The zero-order valence-electron chi connectivity index (χ0n) is 12.9. The Balaban J connectivity index is 1.97. The second kappa shape index (κ2) is 5.49. The van der Waals surface area contributed by atoms with Gasteiger partial charge in [-0.3, -0.25) is 4.79 Å². The quantitative estimate of drug-likeness (QED) is 0.645. The lowest BCUT2D eigenvalue weighted by Gasteiger charge is -2.31. The van der Waals surface area contributed by atoms with E-state index in [4.69, 9.17) is 0 Å². The summed E-state index contributed by atoms with van der Waals surface area (Å²) >= 11 is 0. The van der Waals surface area contributed by atoms with E-state index in [2.05, 4.69) is 11.8 Å². The largest absolute Gasteiger partial charge is 0.369 e. The van der Waals surface area contributed by atoms with Crippen LogP contribution in [0.25, 0.3) is 0 Å². The number of ketones is 1. The lowest BCUT2D eigenvalue weighted by molar-refractivity contribution is 0.0980. The molecule has 0 unspecified atom stereocenters. The molecule has 0 bridgehead atoms. The normalized spacial score (nSPS) is 14.1. The van der Waals surface area contributed by atoms with Gasteiger partial charge in [0.1, 0.15) is 0 Å². The molecule has 2 heteroatoms. The van der Waals surface area contributed by atoms with Crippen molar-refractivity contribution >= 4 is 5.78 Å². The Kier molecular flexibility index (Phi) is 3.30. The standard InChI is InChI=1S/C22H14O2/c23-21-17-10-4-6-12-19(17)22(24,20-13-7-5-11-18(20)21)15-14-16-8-2-1-3-9-16/h1-13,24H. The van der Waals surface area contributed by atoms with Crippen molar-refractivity contribution in [1.82, 2.24) is 0 Å². The van der Waals surface area contributed by atoms with Crippen molar-refractivity contribution in [2.75, 3.05) is 0 Å². The Labute approximate surface area is 140 Å². The van der Waals surface area contributed by atoms with E-state index in [-0.39, 0.29) is 5.78 Å². The second-order valence-electron chi connectivity index (χ2n) is 5.75. The van der Waals surface area contributed by atoms with Gasteiger partial charge >= 0.3 is 0 Å². The maximum atomic E-state index is 12.7.